The summed E-state index contributed by atoms with van der Waals surface area (Å²) in [6, 6.07) is -2.16. The minimum atomic E-state index is -4.24. The van der Waals surface area contributed by atoms with Crippen molar-refractivity contribution in [1.29, 1.82) is 0 Å². The third-order valence-corrected chi connectivity index (χ3v) is 2.60. The van der Waals surface area contributed by atoms with E-state index in [1.807, 2.05) is 0 Å². The van der Waals surface area contributed by atoms with Crippen LogP contribution < -0.4 is 10.6 Å². The van der Waals surface area contributed by atoms with E-state index >= 15 is 0 Å². The van der Waals surface area contributed by atoms with E-state index in [1.165, 1.54) is 0 Å². The number of halogens is 3. The molecule has 3 unspecified atom stereocenters. The molecule has 0 saturated carbocycles. The first-order valence-electron chi connectivity index (χ1n) is 4.09. The normalized spacial score (nSPS) is 39.0. The summed E-state index contributed by atoms with van der Waals surface area (Å²) >= 11 is 0. The lowest BCUT2D eigenvalue weighted by Crippen LogP contribution is -2.44. The van der Waals surface area contributed by atoms with E-state index < -0.39 is 24.2 Å². The van der Waals surface area contributed by atoms with Crippen LogP contribution in [-0.2, 0) is 4.79 Å². The van der Waals surface area contributed by atoms with Gasteiger partial charge in [-0.3, -0.25) is 10.1 Å². The second-order valence-corrected chi connectivity index (χ2v) is 3.48. The van der Waals surface area contributed by atoms with Crippen LogP contribution in [0, 0.1) is 5.92 Å². The van der Waals surface area contributed by atoms with Gasteiger partial charge in [0.25, 0.3) is 0 Å². The highest BCUT2D eigenvalue weighted by molar-refractivity contribution is 5.83. The zero-order chi connectivity index (χ0) is 9.64. The summed E-state index contributed by atoms with van der Waals surface area (Å²) in [7, 11) is 0. The predicted octanol–water partition coefficient (Wildman–Crippen LogP) is 0.0252. The first kappa shape index (κ1) is 8.80. The number of carbonyl (C=O) groups is 1. The van der Waals surface area contributed by atoms with Crippen molar-refractivity contribution in [2.24, 2.45) is 5.92 Å². The van der Waals surface area contributed by atoms with Crippen LogP contribution in [0.4, 0.5) is 13.2 Å². The lowest BCUT2D eigenvalue weighted by Gasteiger charge is -2.21. The van der Waals surface area contributed by atoms with Gasteiger partial charge in [-0.25, -0.2) is 0 Å². The summed E-state index contributed by atoms with van der Waals surface area (Å²) in [6.07, 6.45) is -3.94. The molecule has 0 aromatic heterocycles. The number of fused-ring (bicyclic) bond motifs is 2. The van der Waals surface area contributed by atoms with Gasteiger partial charge in [-0.1, -0.05) is 0 Å². The number of hydrogen-bond donors (Lipinski definition) is 2. The van der Waals surface area contributed by atoms with Crippen LogP contribution in [0.25, 0.3) is 0 Å². The minimum Gasteiger partial charge on any atom is -0.354 e. The molecule has 2 rings (SSSR count). The standard InChI is InChI=1S/C7H9F3N2O/c8-7(9,10)5-3-1-4(12-5)6(13)11-2-3/h3-5,12H,1-2H2,(H,11,13). The molecular formula is C7H9F3N2O. The van der Waals surface area contributed by atoms with E-state index in [9.17, 15) is 18.0 Å². The lowest BCUT2D eigenvalue weighted by atomic mass is 9.95. The van der Waals surface area contributed by atoms with Crippen LogP contribution in [0.2, 0.25) is 0 Å². The maximum absolute atomic E-state index is 12.3. The van der Waals surface area contributed by atoms with E-state index in [0.29, 0.717) is 6.42 Å². The summed E-state index contributed by atoms with van der Waals surface area (Å²) in [5.74, 6) is -0.814. The number of nitrogens with one attached hydrogen (secondary N) is 2. The number of hydrogen-bond acceptors (Lipinski definition) is 2. The smallest absolute Gasteiger partial charge is 0.354 e. The molecule has 2 heterocycles. The fraction of sp³-hybridized carbons (Fsp3) is 0.857. The van der Waals surface area contributed by atoms with Gasteiger partial charge in [-0.05, 0) is 6.42 Å². The molecule has 1 amide bonds. The SMILES string of the molecule is O=C1NCC2CC1NC2C(F)(F)F. The molecule has 2 saturated heterocycles. The van der Waals surface area contributed by atoms with Crippen molar-refractivity contribution < 1.29 is 18.0 Å². The van der Waals surface area contributed by atoms with Crippen molar-refractivity contribution in [2.45, 2.75) is 24.7 Å². The Kier molecular flexibility index (Phi) is 1.76. The highest BCUT2D eigenvalue weighted by Gasteiger charge is 2.53. The highest BCUT2D eigenvalue weighted by atomic mass is 19.4. The average molecular weight is 194 g/mol. The highest BCUT2D eigenvalue weighted by Crippen LogP contribution is 2.34. The van der Waals surface area contributed by atoms with Crippen LogP contribution in [-0.4, -0.2) is 30.7 Å². The van der Waals surface area contributed by atoms with Crippen LogP contribution >= 0.6 is 0 Å². The van der Waals surface area contributed by atoms with Crippen molar-refractivity contribution in [3.63, 3.8) is 0 Å². The summed E-state index contributed by atoms with van der Waals surface area (Å²) < 4.78 is 37.0. The Morgan fingerprint density at radius 3 is 2.62 bits per heavy atom. The molecule has 2 bridgehead atoms. The van der Waals surface area contributed by atoms with Gasteiger partial charge in [0.05, 0.1) is 6.04 Å². The first-order chi connectivity index (χ1) is 5.98. The molecular weight excluding hydrogens is 185 g/mol. The molecule has 0 aliphatic carbocycles. The Bertz CT molecular complexity index is 240. The molecule has 6 heteroatoms. The topological polar surface area (TPSA) is 41.1 Å². The van der Waals surface area contributed by atoms with E-state index in [2.05, 4.69) is 10.6 Å². The van der Waals surface area contributed by atoms with Gasteiger partial charge in [0.2, 0.25) is 5.91 Å². The van der Waals surface area contributed by atoms with Gasteiger partial charge in [0.1, 0.15) is 6.04 Å². The summed E-state index contributed by atoms with van der Waals surface area (Å²) in [4.78, 5) is 11.0. The zero-order valence-electron chi connectivity index (χ0n) is 6.69. The molecule has 2 fully saturated rings. The number of piperidine rings is 1. The van der Waals surface area contributed by atoms with Gasteiger partial charge >= 0.3 is 6.18 Å². The van der Waals surface area contributed by atoms with Gasteiger partial charge in [-0.2, -0.15) is 13.2 Å². The second-order valence-electron chi connectivity index (χ2n) is 3.48. The molecule has 2 aliphatic heterocycles. The van der Waals surface area contributed by atoms with Crippen LogP contribution in [0.5, 0.6) is 0 Å². The second kappa shape index (κ2) is 2.60. The van der Waals surface area contributed by atoms with E-state index in [-0.39, 0.29) is 12.5 Å². The molecule has 3 nitrogen and oxygen atoms in total. The van der Waals surface area contributed by atoms with Crippen molar-refractivity contribution in [3.8, 4) is 0 Å². The van der Waals surface area contributed by atoms with E-state index in [1.54, 1.807) is 0 Å². The van der Waals surface area contributed by atoms with Crippen LogP contribution in [0.1, 0.15) is 6.42 Å². The number of rotatable bonds is 0. The van der Waals surface area contributed by atoms with Crippen molar-refractivity contribution in [3.05, 3.63) is 0 Å². The Balaban J connectivity index is 2.15. The summed E-state index contributed by atoms with van der Waals surface area (Å²) in [5, 5.41) is 4.75. The molecule has 0 radical (unpaired) electrons. The number of amides is 1. The molecule has 13 heavy (non-hydrogen) atoms. The minimum absolute atomic E-state index is 0.131. The van der Waals surface area contributed by atoms with Crippen molar-refractivity contribution in [2.75, 3.05) is 6.54 Å². The lowest BCUT2D eigenvalue weighted by molar-refractivity contribution is -0.160. The molecule has 0 spiro atoms. The van der Waals surface area contributed by atoms with Gasteiger partial charge in [0, 0.05) is 12.5 Å². The van der Waals surface area contributed by atoms with Gasteiger partial charge in [0.15, 0.2) is 0 Å². The zero-order valence-corrected chi connectivity index (χ0v) is 6.69. The monoisotopic (exact) mass is 194 g/mol. The Labute approximate surface area is 72.7 Å². The molecule has 74 valence electrons. The Morgan fingerprint density at radius 2 is 2.08 bits per heavy atom. The number of carbonyl (C=O) groups excluding carboxylic acids is 1. The van der Waals surface area contributed by atoms with Gasteiger partial charge < -0.3 is 5.32 Å². The Morgan fingerprint density at radius 1 is 1.38 bits per heavy atom. The van der Waals surface area contributed by atoms with Gasteiger partial charge in [-0.15, -0.1) is 0 Å². The maximum Gasteiger partial charge on any atom is 0.404 e. The summed E-state index contributed by atoms with van der Waals surface area (Å²) in [5.41, 5.74) is 0. The molecule has 3 atom stereocenters. The van der Waals surface area contributed by atoms with E-state index in [0.717, 1.165) is 0 Å². The molecule has 2 aliphatic rings. The first-order valence-corrected chi connectivity index (χ1v) is 4.09. The molecule has 2 N–H and O–H groups in total. The fourth-order valence-electron chi connectivity index (χ4n) is 1.96. The van der Waals surface area contributed by atoms with Crippen LogP contribution in [0.3, 0.4) is 0 Å². The van der Waals surface area contributed by atoms with E-state index in [4.69, 9.17) is 0 Å². The maximum atomic E-state index is 12.3. The third-order valence-electron chi connectivity index (χ3n) is 2.60. The third kappa shape index (κ3) is 1.39. The van der Waals surface area contributed by atoms with Crippen molar-refractivity contribution >= 4 is 5.91 Å². The fourth-order valence-corrected chi connectivity index (χ4v) is 1.96. The predicted molar refractivity (Wildman–Crippen MR) is 37.9 cm³/mol. The quantitative estimate of drug-likeness (QED) is 0.571. The number of alkyl halides is 3. The van der Waals surface area contributed by atoms with Crippen molar-refractivity contribution in [1.82, 2.24) is 10.6 Å². The van der Waals surface area contributed by atoms with Crippen LogP contribution in [0.15, 0.2) is 0 Å². The summed E-state index contributed by atoms with van der Waals surface area (Å²) in [6.45, 7) is 0.131. The molecule has 0 aromatic rings. The largest absolute Gasteiger partial charge is 0.404 e. The molecule has 0 aromatic carbocycles. The average Bonchev–Trinajstić information content (AvgIpc) is 2.36. The Hall–Kier alpha value is -0.780.